The summed E-state index contributed by atoms with van der Waals surface area (Å²) in [5.41, 5.74) is 0. The quantitative estimate of drug-likeness (QED) is 0.655. The Bertz CT molecular complexity index is 238. The van der Waals surface area contributed by atoms with E-state index >= 15 is 0 Å². The number of carboxylic acids is 1. The number of carboxylic acid groups (broad SMARTS) is 1. The van der Waals surface area contributed by atoms with Crippen molar-refractivity contribution in [1.29, 1.82) is 0 Å². The lowest BCUT2D eigenvalue weighted by Gasteiger charge is -2.15. The van der Waals surface area contributed by atoms with Gasteiger partial charge in [-0.15, -0.1) is 0 Å². The topological polar surface area (TPSA) is 66.4 Å². The van der Waals surface area contributed by atoms with Crippen LogP contribution in [0.4, 0.5) is 0 Å². The molecule has 0 heterocycles. The average molecular weight is 229 g/mol. The van der Waals surface area contributed by atoms with E-state index in [0.717, 1.165) is 0 Å². The summed E-state index contributed by atoms with van der Waals surface area (Å²) in [5, 5.41) is 11.5. The van der Waals surface area contributed by atoms with Crippen molar-refractivity contribution in [2.24, 2.45) is 17.8 Å². The number of carbonyl (C=O) groups is 2. The molecule has 94 valence electrons. The number of hydrogen-bond acceptors (Lipinski definition) is 2. The Hall–Kier alpha value is -1.06. The van der Waals surface area contributed by atoms with Crippen LogP contribution in [-0.4, -0.2) is 23.5 Å². The van der Waals surface area contributed by atoms with Gasteiger partial charge in [-0.1, -0.05) is 27.7 Å². The van der Waals surface area contributed by atoms with Crippen molar-refractivity contribution >= 4 is 11.9 Å². The molecular formula is C12H23NO3. The molecule has 2 atom stereocenters. The van der Waals surface area contributed by atoms with E-state index in [2.05, 4.69) is 5.32 Å². The molecular weight excluding hydrogens is 206 g/mol. The van der Waals surface area contributed by atoms with Gasteiger partial charge in [-0.3, -0.25) is 9.59 Å². The van der Waals surface area contributed by atoms with Gasteiger partial charge in [0.1, 0.15) is 0 Å². The molecule has 0 spiro atoms. The first-order valence-electron chi connectivity index (χ1n) is 5.86. The van der Waals surface area contributed by atoms with Crippen LogP contribution in [0.15, 0.2) is 0 Å². The molecule has 0 saturated heterocycles. The van der Waals surface area contributed by atoms with Crippen LogP contribution in [0.5, 0.6) is 0 Å². The number of amides is 1. The van der Waals surface area contributed by atoms with Gasteiger partial charge in [0.25, 0.3) is 0 Å². The molecule has 0 radical (unpaired) electrons. The summed E-state index contributed by atoms with van der Waals surface area (Å²) in [5.74, 6) is -0.714. The van der Waals surface area contributed by atoms with E-state index in [1.807, 2.05) is 20.8 Å². The Morgan fingerprint density at radius 3 is 2.19 bits per heavy atom. The third-order valence-electron chi connectivity index (χ3n) is 2.95. The van der Waals surface area contributed by atoms with Crippen LogP contribution in [0.3, 0.4) is 0 Å². The molecule has 2 N–H and O–H groups in total. The van der Waals surface area contributed by atoms with Crippen molar-refractivity contribution in [3.05, 3.63) is 0 Å². The third-order valence-corrected chi connectivity index (χ3v) is 2.95. The van der Waals surface area contributed by atoms with Crippen molar-refractivity contribution in [2.75, 3.05) is 6.54 Å². The highest BCUT2D eigenvalue weighted by Crippen LogP contribution is 2.09. The van der Waals surface area contributed by atoms with Gasteiger partial charge in [0.2, 0.25) is 5.91 Å². The Kier molecular flexibility index (Phi) is 6.77. The van der Waals surface area contributed by atoms with Crippen molar-refractivity contribution in [3.63, 3.8) is 0 Å². The molecule has 0 aliphatic carbocycles. The van der Waals surface area contributed by atoms with Crippen LogP contribution in [0.2, 0.25) is 0 Å². The average Bonchev–Trinajstić information content (AvgIpc) is 2.22. The summed E-state index contributed by atoms with van der Waals surface area (Å²) in [6.07, 6.45) is 1.32. The van der Waals surface area contributed by atoms with Gasteiger partial charge in [0.15, 0.2) is 0 Å². The number of rotatable bonds is 7. The molecule has 0 bridgehead atoms. The minimum Gasteiger partial charge on any atom is -0.481 e. The fourth-order valence-corrected chi connectivity index (χ4v) is 1.21. The zero-order valence-corrected chi connectivity index (χ0v) is 10.6. The summed E-state index contributed by atoms with van der Waals surface area (Å²) in [7, 11) is 0. The second-order valence-corrected chi connectivity index (χ2v) is 4.71. The second kappa shape index (κ2) is 7.25. The smallest absolute Gasteiger partial charge is 0.306 e. The first-order chi connectivity index (χ1) is 7.36. The van der Waals surface area contributed by atoms with E-state index in [1.54, 1.807) is 6.92 Å². The Balaban J connectivity index is 3.67. The maximum absolute atomic E-state index is 11.5. The summed E-state index contributed by atoms with van der Waals surface area (Å²) in [4.78, 5) is 22.1. The monoisotopic (exact) mass is 229 g/mol. The van der Waals surface area contributed by atoms with Crippen LogP contribution >= 0.6 is 0 Å². The SMILES string of the molecule is CC(CCCNC(=O)C(C)C(C)C)C(=O)O. The van der Waals surface area contributed by atoms with Gasteiger partial charge >= 0.3 is 5.97 Å². The van der Waals surface area contributed by atoms with Crippen LogP contribution in [0.1, 0.15) is 40.5 Å². The van der Waals surface area contributed by atoms with Crippen LogP contribution in [-0.2, 0) is 9.59 Å². The van der Waals surface area contributed by atoms with E-state index in [0.29, 0.717) is 25.3 Å². The van der Waals surface area contributed by atoms with Crippen molar-refractivity contribution in [2.45, 2.75) is 40.5 Å². The van der Waals surface area contributed by atoms with Gasteiger partial charge in [0, 0.05) is 12.5 Å². The van der Waals surface area contributed by atoms with Crippen molar-refractivity contribution in [3.8, 4) is 0 Å². The number of nitrogens with one attached hydrogen (secondary N) is 1. The molecule has 16 heavy (non-hydrogen) atoms. The minimum atomic E-state index is -0.776. The van der Waals surface area contributed by atoms with Gasteiger partial charge in [0.05, 0.1) is 5.92 Å². The zero-order chi connectivity index (χ0) is 12.7. The van der Waals surface area contributed by atoms with Gasteiger partial charge in [-0.05, 0) is 18.8 Å². The number of hydrogen-bond donors (Lipinski definition) is 2. The molecule has 2 unspecified atom stereocenters. The normalized spacial score (nSPS) is 14.6. The van der Waals surface area contributed by atoms with Gasteiger partial charge in [-0.2, -0.15) is 0 Å². The molecule has 0 aromatic rings. The number of aliphatic carboxylic acids is 1. The lowest BCUT2D eigenvalue weighted by atomic mass is 9.97. The highest BCUT2D eigenvalue weighted by molar-refractivity contribution is 5.78. The summed E-state index contributed by atoms with van der Waals surface area (Å²) < 4.78 is 0. The standard InChI is InChI=1S/C12H23NO3/c1-8(2)10(4)11(14)13-7-5-6-9(3)12(15)16/h8-10H,5-7H2,1-4H3,(H,13,14)(H,15,16). The molecule has 0 aliphatic rings. The molecule has 0 rings (SSSR count). The summed E-state index contributed by atoms with van der Waals surface area (Å²) in [6.45, 7) is 8.17. The molecule has 1 amide bonds. The predicted octanol–water partition coefficient (Wildman–Crippen LogP) is 1.90. The van der Waals surface area contributed by atoms with Gasteiger partial charge < -0.3 is 10.4 Å². The predicted molar refractivity (Wildman–Crippen MR) is 63.0 cm³/mol. The molecule has 0 aromatic carbocycles. The maximum Gasteiger partial charge on any atom is 0.306 e. The number of carbonyl (C=O) groups excluding carboxylic acids is 1. The van der Waals surface area contributed by atoms with Crippen LogP contribution < -0.4 is 5.32 Å². The Morgan fingerprint density at radius 2 is 1.75 bits per heavy atom. The van der Waals surface area contributed by atoms with E-state index in [1.165, 1.54) is 0 Å². The molecule has 0 fully saturated rings. The Morgan fingerprint density at radius 1 is 1.19 bits per heavy atom. The largest absolute Gasteiger partial charge is 0.481 e. The molecule has 0 saturated carbocycles. The summed E-state index contributed by atoms with van der Waals surface area (Å²) >= 11 is 0. The third kappa shape index (κ3) is 5.73. The zero-order valence-electron chi connectivity index (χ0n) is 10.6. The van der Waals surface area contributed by atoms with Gasteiger partial charge in [-0.25, -0.2) is 0 Å². The van der Waals surface area contributed by atoms with Crippen LogP contribution in [0, 0.1) is 17.8 Å². The van der Waals surface area contributed by atoms with E-state index in [-0.39, 0.29) is 17.7 Å². The maximum atomic E-state index is 11.5. The summed E-state index contributed by atoms with van der Waals surface area (Å²) in [6, 6.07) is 0. The van der Waals surface area contributed by atoms with E-state index in [9.17, 15) is 9.59 Å². The fourth-order valence-electron chi connectivity index (χ4n) is 1.21. The first-order valence-corrected chi connectivity index (χ1v) is 5.86. The van der Waals surface area contributed by atoms with E-state index < -0.39 is 5.97 Å². The van der Waals surface area contributed by atoms with E-state index in [4.69, 9.17) is 5.11 Å². The molecule has 0 aliphatic heterocycles. The molecule has 0 aromatic heterocycles. The molecule has 4 heteroatoms. The second-order valence-electron chi connectivity index (χ2n) is 4.71. The highest BCUT2D eigenvalue weighted by Gasteiger charge is 2.16. The molecule has 4 nitrogen and oxygen atoms in total. The lowest BCUT2D eigenvalue weighted by molar-refractivity contribution is -0.141. The first kappa shape index (κ1) is 14.9. The lowest BCUT2D eigenvalue weighted by Crippen LogP contribution is -2.32. The van der Waals surface area contributed by atoms with Crippen molar-refractivity contribution < 1.29 is 14.7 Å². The van der Waals surface area contributed by atoms with Crippen LogP contribution in [0.25, 0.3) is 0 Å². The minimum absolute atomic E-state index is 0.0110. The Labute approximate surface area is 97.4 Å². The fraction of sp³-hybridized carbons (Fsp3) is 0.833. The van der Waals surface area contributed by atoms with Crippen molar-refractivity contribution in [1.82, 2.24) is 5.32 Å². The highest BCUT2D eigenvalue weighted by atomic mass is 16.4.